The largest absolute Gasteiger partial charge is 0.338 e. The van der Waals surface area contributed by atoms with Crippen LogP contribution in [0.3, 0.4) is 0 Å². The Kier molecular flexibility index (Phi) is 6.20. The van der Waals surface area contributed by atoms with Crippen molar-refractivity contribution in [2.75, 3.05) is 18.4 Å². The highest BCUT2D eigenvalue weighted by Gasteiger charge is 2.26. The molecule has 162 valence electrons. The van der Waals surface area contributed by atoms with Gasteiger partial charge in [0.05, 0.1) is 4.90 Å². The summed E-state index contributed by atoms with van der Waals surface area (Å²) in [6.45, 7) is 3.11. The van der Waals surface area contributed by atoms with Gasteiger partial charge in [-0.2, -0.15) is 4.31 Å². The fourth-order valence-electron chi connectivity index (χ4n) is 3.62. The maximum Gasteiger partial charge on any atom is 0.258 e. The quantitative estimate of drug-likeness (QED) is 0.617. The van der Waals surface area contributed by atoms with Crippen LogP contribution in [-0.2, 0) is 16.4 Å². The fraction of sp³-hybridized carbons (Fsp3) is 0.304. The molecule has 1 aliphatic heterocycles. The van der Waals surface area contributed by atoms with Crippen molar-refractivity contribution in [3.05, 3.63) is 65.7 Å². The smallest absolute Gasteiger partial charge is 0.258 e. The molecule has 2 aromatic carbocycles. The number of carbonyl (C=O) groups excluding carboxylic acids is 1. The number of rotatable bonds is 6. The lowest BCUT2D eigenvalue weighted by atomic mass is 10.1. The number of aryl methyl sites for hydroxylation is 1. The number of hydrogen-bond donors (Lipinski definition) is 1. The number of carbonyl (C=O) groups is 1. The summed E-state index contributed by atoms with van der Waals surface area (Å²) >= 11 is 0. The molecule has 1 saturated heterocycles. The molecule has 0 bridgehead atoms. The van der Waals surface area contributed by atoms with Gasteiger partial charge in [-0.1, -0.05) is 48.8 Å². The number of nitrogens with one attached hydrogen (secondary N) is 1. The zero-order chi connectivity index (χ0) is 21.8. The van der Waals surface area contributed by atoms with Gasteiger partial charge in [0.2, 0.25) is 15.9 Å². The van der Waals surface area contributed by atoms with E-state index in [1.54, 1.807) is 18.2 Å². The van der Waals surface area contributed by atoms with Gasteiger partial charge < -0.3 is 4.52 Å². The Balaban J connectivity index is 1.49. The molecule has 3 aromatic rings. The minimum Gasteiger partial charge on any atom is -0.338 e. The summed E-state index contributed by atoms with van der Waals surface area (Å²) in [5.74, 6) is -0.261. The van der Waals surface area contributed by atoms with Crippen LogP contribution in [0.2, 0.25) is 0 Å². The average Bonchev–Trinajstić information content (AvgIpc) is 3.28. The van der Waals surface area contributed by atoms with Gasteiger partial charge in [-0.25, -0.2) is 8.42 Å². The zero-order valence-electron chi connectivity index (χ0n) is 17.4. The number of aromatic nitrogens is 1. The van der Waals surface area contributed by atoms with E-state index in [9.17, 15) is 13.2 Å². The summed E-state index contributed by atoms with van der Waals surface area (Å²) in [6.07, 6.45) is 3.70. The Hall–Kier alpha value is -2.97. The molecule has 7 nitrogen and oxygen atoms in total. The van der Waals surface area contributed by atoms with Gasteiger partial charge in [-0.3, -0.25) is 10.1 Å². The molecule has 1 amide bonds. The predicted octanol–water partition coefficient (Wildman–Crippen LogP) is 4.33. The Morgan fingerprint density at radius 1 is 1.06 bits per heavy atom. The standard InChI is InChI=1S/C23H25N3O4S/c1-2-17-9-11-18(12-10-17)21-16-22(30-25-21)24-23(27)19-7-6-8-20(15-19)31(28,29)26-13-4-3-5-14-26/h6-12,15-16H,2-5,13-14H2,1H3,(H,24,27). The van der Waals surface area contributed by atoms with Crippen LogP contribution in [0.4, 0.5) is 5.88 Å². The highest BCUT2D eigenvalue weighted by Crippen LogP contribution is 2.24. The van der Waals surface area contributed by atoms with Gasteiger partial charge in [-0.15, -0.1) is 0 Å². The summed E-state index contributed by atoms with van der Waals surface area (Å²) in [6, 6.07) is 15.7. The molecular weight excluding hydrogens is 414 g/mol. The first-order valence-electron chi connectivity index (χ1n) is 10.4. The molecule has 0 atom stereocenters. The minimum absolute atomic E-state index is 0.122. The second-order valence-corrected chi connectivity index (χ2v) is 9.51. The van der Waals surface area contributed by atoms with Gasteiger partial charge in [0.15, 0.2) is 0 Å². The van der Waals surface area contributed by atoms with Crippen LogP contribution in [0.25, 0.3) is 11.3 Å². The zero-order valence-corrected chi connectivity index (χ0v) is 18.2. The average molecular weight is 440 g/mol. The Morgan fingerprint density at radius 3 is 2.52 bits per heavy atom. The number of benzene rings is 2. The van der Waals surface area contributed by atoms with Gasteiger partial charge in [0.25, 0.3) is 5.91 Å². The van der Waals surface area contributed by atoms with Crippen molar-refractivity contribution in [3.63, 3.8) is 0 Å². The van der Waals surface area contributed by atoms with Crippen LogP contribution in [0.1, 0.15) is 42.1 Å². The maximum atomic E-state index is 12.9. The summed E-state index contributed by atoms with van der Waals surface area (Å²) in [5.41, 5.74) is 2.96. The first-order valence-corrected chi connectivity index (χ1v) is 11.9. The van der Waals surface area contributed by atoms with E-state index in [1.165, 1.54) is 22.0 Å². The van der Waals surface area contributed by atoms with E-state index >= 15 is 0 Å². The van der Waals surface area contributed by atoms with Crippen molar-refractivity contribution in [3.8, 4) is 11.3 Å². The monoisotopic (exact) mass is 439 g/mol. The molecule has 0 spiro atoms. The molecule has 1 fully saturated rings. The van der Waals surface area contributed by atoms with Crippen molar-refractivity contribution in [1.82, 2.24) is 9.46 Å². The summed E-state index contributed by atoms with van der Waals surface area (Å²) < 4.78 is 32.5. The Morgan fingerprint density at radius 2 is 1.81 bits per heavy atom. The number of sulfonamides is 1. The number of anilines is 1. The third-order valence-electron chi connectivity index (χ3n) is 5.45. The lowest BCUT2D eigenvalue weighted by Gasteiger charge is -2.25. The van der Waals surface area contributed by atoms with Crippen LogP contribution in [-0.4, -0.2) is 36.9 Å². The second kappa shape index (κ2) is 9.03. The van der Waals surface area contributed by atoms with E-state index in [4.69, 9.17) is 4.52 Å². The summed E-state index contributed by atoms with van der Waals surface area (Å²) in [4.78, 5) is 12.8. The third kappa shape index (κ3) is 4.70. The molecule has 1 N–H and O–H groups in total. The number of hydrogen-bond acceptors (Lipinski definition) is 5. The van der Waals surface area contributed by atoms with E-state index < -0.39 is 15.9 Å². The SMILES string of the molecule is CCc1ccc(-c2cc(NC(=O)c3cccc(S(=O)(=O)N4CCCCC4)c3)on2)cc1. The van der Waals surface area contributed by atoms with Crippen molar-refractivity contribution >= 4 is 21.8 Å². The molecule has 1 aromatic heterocycles. The third-order valence-corrected chi connectivity index (χ3v) is 7.35. The van der Waals surface area contributed by atoms with Gasteiger partial charge in [-0.05, 0) is 43.0 Å². The second-order valence-electron chi connectivity index (χ2n) is 7.57. The minimum atomic E-state index is -3.61. The summed E-state index contributed by atoms with van der Waals surface area (Å²) in [7, 11) is -3.61. The number of nitrogens with zero attached hydrogens (tertiary/aromatic N) is 2. The molecular formula is C23H25N3O4S. The van der Waals surface area contributed by atoms with Gasteiger partial charge >= 0.3 is 0 Å². The van der Waals surface area contributed by atoms with E-state index in [1.807, 2.05) is 24.3 Å². The molecule has 8 heteroatoms. The van der Waals surface area contributed by atoms with Crippen molar-refractivity contribution in [2.24, 2.45) is 0 Å². The summed E-state index contributed by atoms with van der Waals surface area (Å²) in [5, 5.41) is 6.67. The maximum absolute atomic E-state index is 12.9. The Bertz CT molecular complexity index is 1160. The molecule has 1 aliphatic rings. The van der Waals surface area contributed by atoms with Crippen molar-refractivity contribution in [2.45, 2.75) is 37.5 Å². The van der Waals surface area contributed by atoms with Crippen LogP contribution >= 0.6 is 0 Å². The highest BCUT2D eigenvalue weighted by atomic mass is 32.2. The van der Waals surface area contributed by atoms with E-state index in [0.29, 0.717) is 18.8 Å². The predicted molar refractivity (Wildman–Crippen MR) is 118 cm³/mol. The topological polar surface area (TPSA) is 92.5 Å². The van der Waals surface area contributed by atoms with Crippen LogP contribution in [0.15, 0.2) is 64.0 Å². The molecule has 0 radical (unpaired) electrons. The highest BCUT2D eigenvalue weighted by molar-refractivity contribution is 7.89. The molecule has 0 saturated carbocycles. The molecule has 0 unspecified atom stereocenters. The molecule has 31 heavy (non-hydrogen) atoms. The lowest BCUT2D eigenvalue weighted by molar-refractivity contribution is 0.102. The van der Waals surface area contributed by atoms with E-state index in [2.05, 4.69) is 17.4 Å². The first-order chi connectivity index (χ1) is 15.0. The van der Waals surface area contributed by atoms with Crippen molar-refractivity contribution < 1.29 is 17.7 Å². The van der Waals surface area contributed by atoms with Crippen LogP contribution in [0, 0.1) is 0 Å². The van der Waals surface area contributed by atoms with Crippen LogP contribution < -0.4 is 5.32 Å². The normalized spacial score (nSPS) is 15.0. The number of piperidine rings is 1. The van der Waals surface area contributed by atoms with E-state index in [-0.39, 0.29) is 16.3 Å². The first kappa shape index (κ1) is 21.3. The number of amides is 1. The lowest BCUT2D eigenvalue weighted by Crippen LogP contribution is -2.35. The van der Waals surface area contributed by atoms with Crippen molar-refractivity contribution in [1.29, 1.82) is 0 Å². The van der Waals surface area contributed by atoms with Gasteiger partial charge in [0, 0.05) is 30.3 Å². The molecule has 2 heterocycles. The fourth-order valence-corrected chi connectivity index (χ4v) is 5.18. The molecule has 4 rings (SSSR count). The van der Waals surface area contributed by atoms with Crippen LogP contribution in [0.5, 0.6) is 0 Å². The molecule has 0 aliphatic carbocycles. The van der Waals surface area contributed by atoms with E-state index in [0.717, 1.165) is 31.2 Å². The Labute approximate surface area is 182 Å². The van der Waals surface area contributed by atoms with Gasteiger partial charge in [0.1, 0.15) is 5.69 Å².